The fraction of sp³-hybridized carbons (Fsp3) is 0.0789. The molecule has 0 amide bonds. The molecule has 5 aromatic carbocycles. The molecule has 5 rings (SSSR count). The molecule has 0 bridgehead atoms. The number of rotatable bonds is 11. The summed E-state index contributed by atoms with van der Waals surface area (Å²) in [5.41, 5.74) is 0.424. The van der Waals surface area contributed by atoms with Crippen LogP contribution in [0.5, 0.6) is 63.2 Å². The van der Waals surface area contributed by atoms with Crippen molar-refractivity contribution in [3.8, 4) is 75.4 Å². The van der Waals surface area contributed by atoms with Crippen molar-refractivity contribution < 1.29 is 47.5 Å². The third kappa shape index (κ3) is 9.37. The molecule has 0 radical (unpaired) electrons. The predicted octanol–water partition coefficient (Wildman–Crippen LogP) is 8.38. The molecule has 0 atom stereocenters. The van der Waals surface area contributed by atoms with E-state index in [9.17, 15) is 24.9 Å². The number of ether oxygens (including phenoxy) is 7. The Morgan fingerprint density at radius 1 is 0.420 bits per heavy atom. The standard InChI is InChI=1S/C38H26N2O10/c1-23(41)44-31-13-32(45-24(2)42)15-34(14-31)47-30-12-10-27(22-40)38(20-30)50-36-17-33(46-25(3)43)16-35(18-36)48-29-11-9-26(21-39)37(19-29)49-28-7-5-4-6-8-28/h4-20H,1-3H3. The van der Waals surface area contributed by atoms with Crippen molar-refractivity contribution in [2.45, 2.75) is 20.8 Å². The van der Waals surface area contributed by atoms with Gasteiger partial charge in [-0.1, -0.05) is 18.2 Å². The number of hydrogen-bond donors (Lipinski definition) is 0. The first-order valence-corrected chi connectivity index (χ1v) is 14.8. The molecular formula is C38H26N2O10. The van der Waals surface area contributed by atoms with Crippen LogP contribution in [0, 0.1) is 22.7 Å². The molecule has 0 unspecified atom stereocenters. The van der Waals surface area contributed by atoms with Gasteiger partial charge in [-0.05, 0) is 36.4 Å². The highest BCUT2D eigenvalue weighted by Gasteiger charge is 2.15. The van der Waals surface area contributed by atoms with Gasteiger partial charge in [0.05, 0.1) is 11.1 Å². The minimum absolute atomic E-state index is 0.0733. The molecule has 0 heterocycles. The lowest BCUT2D eigenvalue weighted by Gasteiger charge is -2.15. The SMILES string of the molecule is CC(=O)Oc1cc(OC(C)=O)cc(Oc2ccc(C#N)c(Oc3cc(OC(C)=O)cc(Oc4ccc(C#N)c(Oc5ccccc5)c4)c3)c2)c1. The molecule has 0 spiro atoms. The zero-order chi connectivity index (χ0) is 35.6. The Morgan fingerprint density at radius 3 is 1.18 bits per heavy atom. The lowest BCUT2D eigenvalue weighted by molar-refractivity contribution is -0.133. The van der Waals surface area contributed by atoms with Gasteiger partial charge in [0.1, 0.15) is 75.4 Å². The Hall–Kier alpha value is -7.31. The van der Waals surface area contributed by atoms with Gasteiger partial charge >= 0.3 is 17.9 Å². The summed E-state index contributed by atoms with van der Waals surface area (Å²) in [7, 11) is 0. The monoisotopic (exact) mass is 670 g/mol. The number of carbonyl (C=O) groups excluding carboxylic acids is 3. The van der Waals surface area contributed by atoms with Crippen LogP contribution in [-0.2, 0) is 14.4 Å². The molecule has 0 N–H and O–H groups in total. The van der Waals surface area contributed by atoms with Crippen LogP contribution in [-0.4, -0.2) is 17.9 Å². The number of hydrogen-bond acceptors (Lipinski definition) is 12. The molecule has 0 saturated carbocycles. The van der Waals surface area contributed by atoms with Crippen LogP contribution in [0.4, 0.5) is 0 Å². The summed E-state index contributed by atoms with van der Waals surface area (Å²) in [4.78, 5) is 35.0. The Kier molecular flexibility index (Phi) is 10.6. The molecule has 5 aromatic rings. The van der Waals surface area contributed by atoms with Crippen molar-refractivity contribution in [1.29, 1.82) is 10.5 Å². The number of para-hydroxylation sites is 1. The van der Waals surface area contributed by atoms with E-state index < -0.39 is 17.9 Å². The van der Waals surface area contributed by atoms with E-state index in [1.807, 2.05) is 6.07 Å². The zero-order valence-corrected chi connectivity index (χ0v) is 26.8. The highest BCUT2D eigenvalue weighted by atomic mass is 16.6. The largest absolute Gasteiger partial charge is 0.457 e. The highest BCUT2D eigenvalue weighted by Crippen LogP contribution is 2.39. The molecule has 12 heteroatoms. The van der Waals surface area contributed by atoms with E-state index in [0.29, 0.717) is 11.5 Å². The second kappa shape index (κ2) is 15.5. The maximum atomic E-state index is 11.9. The smallest absolute Gasteiger partial charge is 0.308 e. The first-order chi connectivity index (χ1) is 24.1. The quantitative estimate of drug-likeness (QED) is 0.0975. The lowest BCUT2D eigenvalue weighted by Crippen LogP contribution is -2.04. The third-order valence-electron chi connectivity index (χ3n) is 6.31. The van der Waals surface area contributed by atoms with Crippen molar-refractivity contribution >= 4 is 17.9 Å². The maximum absolute atomic E-state index is 11.9. The van der Waals surface area contributed by atoms with Crippen LogP contribution >= 0.6 is 0 Å². The molecule has 12 nitrogen and oxygen atoms in total. The van der Waals surface area contributed by atoms with Crippen molar-refractivity contribution in [3.05, 3.63) is 114 Å². The van der Waals surface area contributed by atoms with Gasteiger partial charge in [-0.2, -0.15) is 10.5 Å². The minimum Gasteiger partial charge on any atom is -0.457 e. The van der Waals surface area contributed by atoms with Gasteiger partial charge in [0.2, 0.25) is 0 Å². The third-order valence-corrected chi connectivity index (χ3v) is 6.31. The van der Waals surface area contributed by atoms with Gasteiger partial charge in [-0.15, -0.1) is 0 Å². The molecule has 0 aliphatic heterocycles. The van der Waals surface area contributed by atoms with E-state index in [0.717, 1.165) is 0 Å². The summed E-state index contributed by atoms with van der Waals surface area (Å²) in [5.74, 6) is 0.317. The number of nitrogens with zero attached hydrogens (tertiary/aromatic N) is 2. The van der Waals surface area contributed by atoms with E-state index in [-0.39, 0.29) is 62.9 Å². The summed E-state index contributed by atoms with van der Waals surface area (Å²) >= 11 is 0. The van der Waals surface area contributed by atoms with E-state index in [1.165, 1.54) is 75.4 Å². The fourth-order valence-electron chi connectivity index (χ4n) is 4.44. The van der Waals surface area contributed by atoms with E-state index in [1.54, 1.807) is 42.5 Å². The number of benzene rings is 5. The molecule has 0 aliphatic rings. The maximum Gasteiger partial charge on any atom is 0.308 e. The topological polar surface area (TPSA) is 163 Å². The molecule has 0 saturated heterocycles. The summed E-state index contributed by atoms with van der Waals surface area (Å²) in [5, 5.41) is 19.4. The zero-order valence-electron chi connectivity index (χ0n) is 26.8. The fourth-order valence-corrected chi connectivity index (χ4v) is 4.44. The number of nitriles is 2. The van der Waals surface area contributed by atoms with Crippen LogP contribution in [0.25, 0.3) is 0 Å². The Balaban J connectivity index is 1.45. The van der Waals surface area contributed by atoms with Gasteiger partial charge in [0, 0.05) is 69.3 Å². The summed E-state index contributed by atoms with van der Waals surface area (Å²) in [6.07, 6.45) is 0. The van der Waals surface area contributed by atoms with Gasteiger partial charge in [0.15, 0.2) is 0 Å². The molecule has 0 fully saturated rings. The van der Waals surface area contributed by atoms with E-state index >= 15 is 0 Å². The minimum atomic E-state index is -0.595. The van der Waals surface area contributed by atoms with Crippen LogP contribution in [0.3, 0.4) is 0 Å². The average Bonchev–Trinajstić information content (AvgIpc) is 3.04. The highest BCUT2D eigenvalue weighted by molar-refractivity contribution is 5.72. The Labute approximate surface area is 286 Å². The van der Waals surface area contributed by atoms with Gasteiger partial charge in [-0.3, -0.25) is 14.4 Å². The second-order valence-electron chi connectivity index (χ2n) is 10.3. The Morgan fingerprint density at radius 2 is 0.780 bits per heavy atom. The first-order valence-electron chi connectivity index (χ1n) is 14.8. The van der Waals surface area contributed by atoms with Crippen molar-refractivity contribution in [2.24, 2.45) is 0 Å². The lowest BCUT2D eigenvalue weighted by atomic mass is 10.2. The molecular weight excluding hydrogens is 644 g/mol. The van der Waals surface area contributed by atoms with E-state index in [2.05, 4.69) is 12.1 Å². The average molecular weight is 671 g/mol. The summed E-state index contributed by atoms with van der Waals surface area (Å²) in [6, 6.07) is 30.7. The molecule has 248 valence electrons. The van der Waals surface area contributed by atoms with Crippen LogP contribution in [0.2, 0.25) is 0 Å². The molecule has 50 heavy (non-hydrogen) atoms. The molecule has 0 aliphatic carbocycles. The van der Waals surface area contributed by atoms with Crippen LogP contribution in [0.15, 0.2) is 103 Å². The van der Waals surface area contributed by atoms with Crippen molar-refractivity contribution in [3.63, 3.8) is 0 Å². The van der Waals surface area contributed by atoms with E-state index in [4.69, 9.17) is 33.2 Å². The van der Waals surface area contributed by atoms with Crippen molar-refractivity contribution in [1.82, 2.24) is 0 Å². The second-order valence-corrected chi connectivity index (χ2v) is 10.3. The Bertz CT molecular complexity index is 2130. The van der Waals surface area contributed by atoms with Crippen LogP contribution in [0.1, 0.15) is 31.9 Å². The molecule has 0 aromatic heterocycles. The first kappa shape index (κ1) is 34.0. The van der Waals surface area contributed by atoms with Crippen LogP contribution < -0.4 is 33.2 Å². The van der Waals surface area contributed by atoms with Gasteiger partial charge in [-0.25, -0.2) is 0 Å². The number of carbonyl (C=O) groups is 3. The predicted molar refractivity (Wildman–Crippen MR) is 176 cm³/mol. The van der Waals surface area contributed by atoms with Gasteiger partial charge < -0.3 is 33.2 Å². The number of esters is 3. The van der Waals surface area contributed by atoms with Crippen molar-refractivity contribution in [2.75, 3.05) is 0 Å². The van der Waals surface area contributed by atoms with Gasteiger partial charge in [0.25, 0.3) is 0 Å². The summed E-state index contributed by atoms with van der Waals surface area (Å²) in [6.45, 7) is 3.68. The summed E-state index contributed by atoms with van der Waals surface area (Å²) < 4.78 is 39.6. The normalized spacial score (nSPS) is 10.1.